The number of alkyl halides is 3. The Labute approximate surface area is 580 Å². The Morgan fingerprint density at radius 1 is 0.653 bits per heavy atom. The number of hydrogen-bond donors (Lipinski definition) is 3. The van der Waals surface area contributed by atoms with Crippen LogP contribution >= 0.6 is 11.6 Å². The molecule has 3 heterocycles. The average molecular weight is 1400 g/mol. The fourth-order valence-corrected chi connectivity index (χ4v) is 15.6. The molecule has 1 aromatic carbocycles. The van der Waals surface area contributed by atoms with Gasteiger partial charge in [0.2, 0.25) is 70.9 Å². The number of rotatable bonds is 10. The van der Waals surface area contributed by atoms with Crippen molar-refractivity contribution >= 4 is 82.5 Å². The van der Waals surface area contributed by atoms with Gasteiger partial charge in [-0.2, -0.15) is 13.2 Å². The normalized spacial score (nSPS) is 27.1. The molecule has 3 N–H and O–H groups in total. The maximum atomic E-state index is 15.8. The summed E-state index contributed by atoms with van der Waals surface area (Å²) in [6.45, 7) is 5.82. The van der Waals surface area contributed by atoms with Gasteiger partial charge in [-0.15, -0.1) is 0 Å². The van der Waals surface area contributed by atoms with E-state index < -0.39 is 167 Å². The third kappa shape index (κ3) is 19.1. The molecule has 6 aliphatic rings. The molecular weight excluding hydrogens is 1290 g/mol. The molecule has 12 amide bonds. The lowest BCUT2D eigenvalue weighted by molar-refractivity contribution is -0.157. The van der Waals surface area contributed by atoms with Gasteiger partial charge in [-0.3, -0.25) is 57.5 Å². The van der Waals surface area contributed by atoms with Crippen molar-refractivity contribution in [1.82, 2.24) is 60.0 Å². The summed E-state index contributed by atoms with van der Waals surface area (Å²) in [6.07, 6.45) is 6.16. The van der Waals surface area contributed by atoms with E-state index in [9.17, 15) is 46.7 Å². The molecule has 8 atom stereocenters. The molecule has 546 valence electrons. The van der Waals surface area contributed by atoms with Crippen LogP contribution in [0, 0.1) is 17.8 Å². The van der Waals surface area contributed by atoms with Crippen LogP contribution in [0.2, 0.25) is 5.02 Å². The number of nitrogens with one attached hydrogen (secondary N) is 3. The fourth-order valence-electron chi connectivity index (χ4n) is 15.3. The van der Waals surface area contributed by atoms with E-state index in [1.165, 1.54) is 79.8 Å². The van der Waals surface area contributed by atoms with Gasteiger partial charge < -0.3 is 60.0 Å². The van der Waals surface area contributed by atoms with E-state index in [-0.39, 0.29) is 63.5 Å². The van der Waals surface area contributed by atoms with Crippen molar-refractivity contribution in [2.24, 2.45) is 17.8 Å². The van der Waals surface area contributed by atoms with E-state index in [4.69, 9.17) is 11.6 Å². The van der Waals surface area contributed by atoms with E-state index in [0.29, 0.717) is 70.0 Å². The van der Waals surface area contributed by atoms with Crippen molar-refractivity contribution in [3.05, 3.63) is 34.3 Å². The number of likely N-dealkylation sites (tertiary alicyclic amines) is 1. The van der Waals surface area contributed by atoms with Gasteiger partial charge in [-0.25, -0.2) is 0 Å². The number of benzene rings is 1. The first-order valence-electron chi connectivity index (χ1n) is 35.5. The molecule has 28 heteroatoms. The van der Waals surface area contributed by atoms with Gasteiger partial charge in [-0.05, 0) is 126 Å². The number of carbonyl (C=O) groups is 12. The predicted octanol–water partition coefficient (Wildman–Crippen LogP) is 5.40. The van der Waals surface area contributed by atoms with Crippen molar-refractivity contribution in [3.8, 4) is 0 Å². The maximum absolute atomic E-state index is 15.8. The van der Waals surface area contributed by atoms with Crippen LogP contribution in [0.5, 0.6) is 0 Å². The molecule has 0 bridgehead atoms. The van der Waals surface area contributed by atoms with Crippen molar-refractivity contribution in [2.45, 2.75) is 229 Å². The van der Waals surface area contributed by atoms with Crippen LogP contribution in [0.4, 0.5) is 13.2 Å². The summed E-state index contributed by atoms with van der Waals surface area (Å²) in [4.78, 5) is 190. The molecule has 0 radical (unpaired) electrons. The Bertz CT molecular complexity index is 3060. The minimum Gasteiger partial charge on any atom is -0.343 e. The number of hydrogen-bond acceptors (Lipinski definition) is 12. The van der Waals surface area contributed by atoms with E-state index in [0.717, 1.165) is 78.2 Å². The van der Waals surface area contributed by atoms with Gasteiger partial charge in [0.15, 0.2) is 0 Å². The van der Waals surface area contributed by atoms with E-state index in [1.807, 2.05) is 6.92 Å². The highest BCUT2D eigenvalue weighted by molar-refractivity contribution is 6.31. The second kappa shape index (κ2) is 34.8. The molecule has 24 nitrogen and oxygen atoms in total. The second-order valence-electron chi connectivity index (χ2n) is 28.5. The minimum atomic E-state index is -4.76. The summed E-state index contributed by atoms with van der Waals surface area (Å²) in [6, 6.07) is -5.50. The number of halogens is 4. The average Bonchev–Trinajstić information content (AvgIpc) is 1.69. The van der Waals surface area contributed by atoms with Crippen molar-refractivity contribution in [2.75, 3.05) is 88.1 Å². The number of aryl methyl sites for hydroxylation is 1. The fraction of sp³-hybridized carbons (Fsp3) is 0.743. The number of carbonyl (C=O) groups excluding carboxylic acids is 12. The number of nitrogens with zero attached hydrogens (tertiary/aromatic N) is 9. The van der Waals surface area contributed by atoms with Crippen LogP contribution in [0.15, 0.2) is 18.2 Å². The monoisotopic (exact) mass is 1400 g/mol. The van der Waals surface area contributed by atoms with Gasteiger partial charge in [0, 0.05) is 68.5 Å². The maximum Gasteiger partial charge on any atom is 0.417 e. The number of amides is 12. The van der Waals surface area contributed by atoms with Gasteiger partial charge in [0.05, 0.1) is 36.6 Å². The molecule has 98 heavy (non-hydrogen) atoms. The Kier molecular flexibility index (Phi) is 27.8. The second-order valence-corrected chi connectivity index (χ2v) is 28.9. The van der Waals surface area contributed by atoms with Crippen molar-refractivity contribution in [1.29, 1.82) is 0 Å². The van der Waals surface area contributed by atoms with E-state index in [2.05, 4.69) is 16.0 Å². The predicted molar refractivity (Wildman–Crippen MR) is 360 cm³/mol. The Morgan fingerprint density at radius 2 is 1.27 bits per heavy atom. The standard InChI is InChI=1S/C70H106ClF3N12O12/c1-11-44(3)59-66(96)80(7)42-57(89)78(5)43-58(90)82(9)53(39-46-24-15-13-16-25-46)64(94)79(6)41-55(87)75-51(32-30-47-29-31-49(50(71)38-47)70(72,73)74)63(93)86-37-23-28-52(86)62(92)77-69(33-19-20-34-69)68(98)83(10)60(48-26-17-18-27-48)67(97)85(12-2)54(65(95)84-35-21-14-22-36-84)40-56(88)81(8)45(4)61(91)76-59/h29,31,38,44-46,48,51-54,59-60H,11-28,30,32-37,39-43H2,1-10H3,(H,75,87)(H,76,91)(H,77,92)/t44-,45-,51-,52-,53-,54-,59-,60-/m0/s1. The van der Waals surface area contributed by atoms with Crippen LogP contribution in [-0.4, -0.2) is 251 Å². The highest BCUT2D eigenvalue weighted by Crippen LogP contribution is 2.39. The Morgan fingerprint density at radius 3 is 1.88 bits per heavy atom. The third-order valence-electron chi connectivity index (χ3n) is 21.8. The molecule has 3 aliphatic heterocycles. The lowest BCUT2D eigenvalue weighted by Crippen LogP contribution is -2.65. The first kappa shape index (κ1) is 78.3. The minimum absolute atomic E-state index is 0.0221. The molecular formula is C70H106ClF3N12O12. The molecule has 1 spiro atoms. The zero-order valence-electron chi connectivity index (χ0n) is 59.2. The largest absolute Gasteiger partial charge is 0.417 e. The van der Waals surface area contributed by atoms with Crippen LogP contribution in [0.25, 0.3) is 0 Å². The molecule has 6 fully saturated rings. The molecule has 3 saturated carbocycles. The van der Waals surface area contributed by atoms with Gasteiger partial charge in [0.1, 0.15) is 47.8 Å². The van der Waals surface area contributed by atoms with E-state index >= 15 is 24.0 Å². The number of likely N-dealkylation sites (N-methyl/N-ethyl adjacent to an activating group) is 7. The van der Waals surface area contributed by atoms with Crippen LogP contribution in [-0.2, 0) is 70.1 Å². The smallest absolute Gasteiger partial charge is 0.343 e. The highest BCUT2D eigenvalue weighted by Gasteiger charge is 2.52. The lowest BCUT2D eigenvalue weighted by Gasteiger charge is -2.43. The van der Waals surface area contributed by atoms with Crippen LogP contribution < -0.4 is 16.0 Å². The number of piperidine rings is 1. The Balaban J connectivity index is 1.27. The molecule has 3 aliphatic carbocycles. The van der Waals surface area contributed by atoms with Gasteiger partial charge >= 0.3 is 6.18 Å². The third-order valence-corrected chi connectivity index (χ3v) is 22.1. The topological polar surface area (TPSA) is 270 Å². The van der Waals surface area contributed by atoms with E-state index in [1.54, 1.807) is 18.7 Å². The quantitative estimate of drug-likeness (QED) is 0.266. The summed E-state index contributed by atoms with van der Waals surface area (Å²) in [5.74, 6) is -8.52. The molecule has 0 unspecified atom stereocenters. The summed E-state index contributed by atoms with van der Waals surface area (Å²) >= 11 is 6.15. The zero-order chi connectivity index (χ0) is 72.1. The molecule has 7 rings (SSSR count). The van der Waals surface area contributed by atoms with Gasteiger partial charge in [-0.1, -0.05) is 95.7 Å². The highest BCUT2D eigenvalue weighted by atomic mass is 35.5. The summed E-state index contributed by atoms with van der Waals surface area (Å²) < 4.78 is 41.6. The number of fused-ring (bicyclic) bond motifs is 1. The summed E-state index contributed by atoms with van der Waals surface area (Å²) in [5, 5.41) is 8.08. The van der Waals surface area contributed by atoms with Gasteiger partial charge in [0.25, 0.3) is 0 Å². The van der Waals surface area contributed by atoms with Crippen LogP contribution in [0.3, 0.4) is 0 Å². The van der Waals surface area contributed by atoms with Crippen LogP contribution in [0.1, 0.15) is 180 Å². The Hall–Kier alpha value is -7.06. The zero-order valence-corrected chi connectivity index (χ0v) is 59.9. The first-order valence-corrected chi connectivity index (χ1v) is 35.9. The van der Waals surface area contributed by atoms with Crippen molar-refractivity contribution in [3.63, 3.8) is 0 Å². The summed E-state index contributed by atoms with van der Waals surface area (Å²) in [5.41, 5.74) is -2.33. The lowest BCUT2D eigenvalue weighted by atomic mass is 9.84. The van der Waals surface area contributed by atoms with Crippen molar-refractivity contribution < 1.29 is 70.7 Å². The summed E-state index contributed by atoms with van der Waals surface area (Å²) in [7, 11) is 8.49. The SMILES string of the molecule is CC[C@H](C)[C@@H]1NC(=O)[C@H](C)N(C)C(=O)C[C@@H](C(=O)N2CCCCC2)N(CC)C(=O)[C@H](C2CCCC2)N(C)C(=O)C2(CCCC2)NC(=O)[C@@H]2CCCN2C(=O)[C@H](CCc2ccc(C(F)(F)F)c(Cl)c2)NC(=O)CN(C)C(=O)[C@H](CC2CCCCC2)N(C)C(=O)CN(C)C(=O)CN(C)C1=O. The molecule has 0 aromatic heterocycles. The molecule has 1 aromatic rings. The molecule has 3 saturated heterocycles. The first-order chi connectivity index (χ1) is 46.3.